The van der Waals surface area contributed by atoms with Gasteiger partial charge >= 0.3 is 0 Å². The smallest absolute Gasteiger partial charge is 0.188 e. The molecule has 1 rings (SSSR count). The standard InChI is InChI=1S/C14H23FN4/c1-11(2)18-14(16)17-8-9-19(3)10-12-4-6-13(15)7-5-12/h4-7,11H,8-10H2,1-3H3,(H3,16,17,18). The third-order valence-corrected chi connectivity index (χ3v) is 2.57. The lowest BCUT2D eigenvalue weighted by Crippen LogP contribution is -2.37. The predicted molar refractivity (Wildman–Crippen MR) is 77.5 cm³/mol. The van der Waals surface area contributed by atoms with Crippen molar-refractivity contribution < 1.29 is 4.39 Å². The third kappa shape index (κ3) is 6.76. The molecule has 1 aromatic carbocycles. The Morgan fingerprint density at radius 2 is 2.00 bits per heavy atom. The molecule has 0 aliphatic rings. The SMILES string of the molecule is CC(C)NC(N)=NCCN(C)Cc1ccc(F)cc1. The Hall–Kier alpha value is -1.62. The van der Waals surface area contributed by atoms with Crippen molar-refractivity contribution in [2.24, 2.45) is 10.7 Å². The van der Waals surface area contributed by atoms with E-state index in [4.69, 9.17) is 5.73 Å². The fraction of sp³-hybridized carbons (Fsp3) is 0.500. The van der Waals surface area contributed by atoms with E-state index >= 15 is 0 Å². The number of rotatable bonds is 6. The molecule has 0 spiro atoms. The van der Waals surface area contributed by atoms with Crippen LogP contribution in [0.25, 0.3) is 0 Å². The first-order chi connectivity index (χ1) is 8.97. The number of nitrogens with zero attached hydrogens (tertiary/aromatic N) is 2. The van der Waals surface area contributed by atoms with Crippen LogP contribution in [0, 0.1) is 5.82 Å². The molecule has 1 aromatic rings. The van der Waals surface area contributed by atoms with E-state index in [0.29, 0.717) is 18.5 Å². The molecular formula is C14H23FN4. The van der Waals surface area contributed by atoms with E-state index in [1.165, 1.54) is 12.1 Å². The first-order valence-corrected chi connectivity index (χ1v) is 6.47. The molecule has 0 atom stereocenters. The van der Waals surface area contributed by atoms with Gasteiger partial charge in [0, 0.05) is 19.1 Å². The molecule has 0 unspecified atom stereocenters. The van der Waals surface area contributed by atoms with Gasteiger partial charge in [0.05, 0.1) is 6.54 Å². The summed E-state index contributed by atoms with van der Waals surface area (Å²) >= 11 is 0. The second kappa shape index (κ2) is 7.74. The van der Waals surface area contributed by atoms with Crippen LogP contribution in [0.15, 0.2) is 29.3 Å². The van der Waals surface area contributed by atoms with Crippen LogP contribution in [0.1, 0.15) is 19.4 Å². The lowest BCUT2D eigenvalue weighted by atomic mass is 10.2. The number of benzene rings is 1. The summed E-state index contributed by atoms with van der Waals surface area (Å²) in [5, 5.41) is 3.04. The monoisotopic (exact) mass is 266 g/mol. The van der Waals surface area contributed by atoms with Crippen molar-refractivity contribution in [1.82, 2.24) is 10.2 Å². The third-order valence-electron chi connectivity index (χ3n) is 2.57. The summed E-state index contributed by atoms with van der Waals surface area (Å²) in [5.74, 6) is 0.272. The molecule has 106 valence electrons. The minimum atomic E-state index is -0.205. The fourth-order valence-electron chi connectivity index (χ4n) is 1.66. The summed E-state index contributed by atoms with van der Waals surface area (Å²) < 4.78 is 12.8. The van der Waals surface area contributed by atoms with Crippen LogP contribution < -0.4 is 11.1 Å². The molecule has 0 saturated heterocycles. The van der Waals surface area contributed by atoms with E-state index in [9.17, 15) is 4.39 Å². The molecule has 4 nitrogen and oxygen atoms in total. The zero-order valence-corrected chi connectivity index (χ0v) is 11.9. The normalized spacial score (nSPS) is 12.2. The highest BCUT2D eigenvalue weighted by Crippen LogP contribution is 2.05. The lowest BCUT2D eigenvalue weighted by molar-refractivity contribution is 0.336. The van der Waals surface area contributed by atoms with Gasteiger partial charge in [-0.1, -0.05) is 12.1 Å². The van der Waals surface area contributed by atoms with E-state index < -0.39 is 0 Å². The van der Waals surface area contributed by atoms with Crippen LogP contribution in [0.3, 0.4) is 0 Å². The summed E-state index contributed by atoms with van der Waals surface area (Å²) in [7, 11) is 2.00. The van der Waals surface area contributed by atoms with Gasteiger partial charge in [-0.05, 0) is 38.6 Å². The summed E-state index contributed by atoms with van der Waals surface area (Å²) in [6.45, 7) is 6.25. The maximum atomic E-state index is 12.8. The number of aliphatic imine (C=N–C) groups is 1. The summed E-state index contributed by atoms with van der Waals surface area (Å²) in [5.41, 5.74) is 6.79. The second-order valence-corrected chi connectivity index (χ2v) is 4.93. The Morgan fingerprint density at radius 3 is 2.58 bits per heavy atom. The first kappa shape index (κ1) is 15.4. The zero-order chi connectivity index (χ0) is 14.3. The van der Waals surface area contributed by atoms with Crippen LogP contribution in [0.5, 0.6) is 0 Å². The largest absolute Gasteiger partial charge is 0.370 e. The van der Waals surface area contributed by atoms with Crippen LogP contribution in [-0.4, -0.2) is 37.0 Å². The molecule has 0 aliphatic heterocycles. The Balaban J connectivity index is 2.31. The highest BCUT2D eigenvalue weighted by molar-refractivity contribution is 5.78. The van der Waals surface area contributed by atoms with Crippen molar-refractivity contribution in [2.45, 2.75) is 26.4 Å². The molecule has 0 fully saturated rings. The van der Waals surface area contributed by atoms with Crippen molar-refractivity contribution in [1.29, 1.82) is 0 Å². The predicted octanol–water partition coefficient (Wildman–Crippen LogP) is 1.57. The van der Waals surface area contributed by atoms with E-state index in [1.54, 1.807) is 12.1 Å². The molecule has 0 amide bonds. The number of guanidine groups is 1. The van der Waals surface area contributed by atoms with Gasteiger partial charge in [0.1, 0.15) is 5.82 Å². The Bertz CT molecular complexity index is 400. The molecular weight excluding hydrogens is 243 g/mol. The number of nitrogens with one attached hydrogen (secondary N) is 1. The number of halogens is 1. The van der Waals surface area contributed by atoms with Crippen molar-refractivity contribution >= 4 is 5.96 Å². The first-order valence-electron chi connectivity index (χ1n) is 6.47. The maximum Gasteiger partial charge on any atom is 0.188 e. The fourth-order valence-corrected chi connectivity index (χ4v) is 1.66. The number of nitrogens with two attached hydrogens (primary N) is 1. The highest BCUT2D eigenvalue weighted by atomic mass is 19.1. The second-order valence-electron chi connectivity index (χ2n) is 4.93. The van der Waals surface area contributed by atoms with Crippen molar-refractivity contribution in [3.8, 4) is 0 Å². The maximum absolute atomic E-state index is 12.8. The van der Waals surface area contributed by atoms with Crippen molar-refractivity contribution in [3.63, 3.8) is 0 Å². The Kier molecular flexibility index (Phi) is 6.29. The van der Waals surface area contributed by atoms with Crippen molar-refractivity contribution in [2.75, 3.05) is 20.1 Å². The molecule has 0 bridgehead atoms. The topological polar surface area (TPSA) is 53.6 Å². The molecule has 5 heteroatoms. The van der Waals surface area contributed by atoms with E-state index in [2.05, 4.69) is 15.2 Å². The minimum absolute atomic E-state index is 0.205. The van der Waals surface area contributed by atoms with E-state index in [0.717, 1.165) is 18.7 Å². The summed E-state index contributed by atoms with van der Waals surface area (Å²) in [4.78, 5) is 6.37. The van der Waals surface area contributed by atoms with Crippen LogP contribution in [0.2, 0.25) is 0 Å². The van der Waals surface area contributed by atoms with Gasteiger partial charge in [-0.2, -0.15) is 0 Å². The molecule has 0 saturated carbocycles. The van der Waals surface area contributed by atoms with E-state index in [-0.39, 0.29) is 5.82 Å². The number of likely N-dealkylation sites (N-methyl/N-ethyl adjacent to an activating group) is 1. The average Bonchev–Trinajstić information content (AvgIpc) is 2.31. The van der Waals surface area contributed by atoms with Crippen LogP contribution in [-0.2, 0) is 6.54 Å². The number of hydrogen-bond acceptors (Lipinski definition) is 2. The molecule has 0 aliphatic carbocycles. The van der Waals surface area contributed by atoms with Gasteiger partial charge < -0.3 is 16.0 Å². The van der Waals surface area contributed by atoms with Gasteiger partial charge in [0.25, 0.3) is 0 Å². The van der Waals surface area contributed by atoms with Crippen LogP contribution >= 0.6 is 0 Å². The van der Waals surface area contributed by atoms with Crippen LogP contribution in [0.4, 0.5) is 4.39 Å². The Labute approximate surface area is 114 Å². The molecule has 0 aromatic heterocycles. The molecule has 0 radical (unpaired) electrons. The molecule has 0 heterocycles. The Morgan fingerprint density at radius 1 is 1.37 bits per heavy atom. The summed E-state index contributed by atoms with van der Waals surface area (Å²) in [6, 6.07) is 6.84. The van der Waals surface area contributed by atoms with Gasteiger partial charge in [0.2, 0.25) is 0 Å². The number of hydrogen-bond donors (Lipinski definition) is 2. The van der Waals surface area contributed by atoms with Gasteiger partial charge in [0.15, 0.2) is 5.96 Å². The molecule has 19 heavy (non-hydrogen) atoms. The highest BCUT2D eigenvalue weighted by Gasteiger charge is 2.01. The zero-order valence-electron chi connectivity index (χ0n) is 11.9. The molecule has 3 N–H and O–H groups in total. The minimum Gasteiger partial charge on any atom is -0.370 e. The quantitative estimate of drug-likeness (QED) is 0.607. The van der Waals surface area contributed by atoms with E-state index in [1.807, 2.05) is 20.9 Å². The average molecular weight is 266 g/mol. The van der Waals surface area contributed by atoms with Crippen molar-refractivity contribution in [3.05, 3.63) is 35.6 Å². The van der Waals surface area contributed by atoms with Gasteiger partial charge in [-0.25, -0.2) is 4.39 Å². The lowest BCUT2D eigenvalue weighted by Gasteiger charge is -2.16. The van der Waals surface area contributed by atoms with Gasteiger partial charge in [-0.15, -0.1) is 0 Å². The van der Waals surface area contributed by atoms with Gasteiger partial charge in [-0.3, -0.25) is 4.99 Å². The summed E-state index contributed by atoms with van der Waals surface area (Å²) in [6.07, 6.45) is 0.